The highest BCUT2D eigenvalue weighted by atomic mass is 79.9. The van der Waals surface area contributed by atoms with Crippen molar-refractivity contribution in [2.75, 3.05) is 13.2 Å². The van der Waals surface area contributed by atoms with Crippen LogP contribution in [0.25, 0.3) is 0 Å². The van der Waals surface area contributed by atoms with E-state index in [9.17, 15) is 0 Å². The van der Waals surface area contributed by atoms with E-state index in [0.717, 1.165) is 28.8 Å². The molecule has 1 atom stereocenters. The van der Waals surface area contributed by atoms with Gasteiger partial charge in [-0.15, -0.1) is 0 Å². The molecule has 1 aliphatic rings. The second-order valence-corrected chi connectivity index (χ2v) is 6.00. The maximum absolute atomic E-state index is 5.77. The molecule has 5 heteroatoms. The van der Waals surface area contributed by atoms with Gasteiger partial charge in [0.15, 0.2) is 5.96 Å². The number of nitrogens with one attached hydrogen (secondary N) is 1. The van der Waals surface area contributed by atoms with Crippen LogP contribution >= 0.6 is 15.9 Å². The molecular formula is C14H20BrN3O. The molecule has 0 aliphatic carbocycles. The number of hydrogen-bond acceptors (Lipinski definition) is 4. The summed E-state index contributed by atoms with van der Waals surface area (Å²) in [6, 6.07) is 6.29. The summed E-state index contributed by atoms with van der Waals surface area (Å²) in [4.78, 5) is 4.15. The summed E-state index contributed by atoms with van der Waals surface area (Å²) in [5, 5.41) is 3.14. The lowest BCUT2D eigenvalue weighted by molar-refractivity contribution is 0.288. The van der Waals surface area contributed by atoms with Crippen molar-refractivity contribution in [3.63, 3.8) is 0 Å². The molecule has 19 heavy (non-hydrogen) atoms. The van der Waals surface area contributed by atoms with E-state index in [1.807, 2.05) is 6.07 Å². The van der Waals surface area contributed by atoms with E-state index in [1.165, 1.54) is 0 Å². The summed E-state index contributed by atoms with van der Waals surface area (Å²) in [5.74, 6) is 2.05. The van der Waals surface area contributed by atoms with Crippen molar-refractivity contribution in [2.24, 2.45) is 16.6 Å². The van der Waals surface area contributed by atoms with Crippen molar-refractivity contribution >= 4 is 21.9 Å². The second-order valence-electron chi connectivity index (χ2n) is 5.14. The van der Waals surface area contributed by atoms with Crippen LogP contribution in [0, 0.1) is 5.92 Å². The van der Waals surface area contributed by atoms with E-state index in [0.29, 0.717) is 18.4 Å². The quantitative estimate of drug-likeness (QED) is 0.875. The Balaban J connectivity index is 1.97. The number of halogens is 1. The number of aliphatic imine (C=N–C) groups is 1. The van der Waals surface area contributed by atoms with Crippen molar-refractivity contribution in [3.05, 3.63) is 28.2 Å². The van der Waals surface area contributed by atoms with Crippen LogP contribution in [-0.4, -0.2) is 19.1 Å². The van der Waals surface area contributed by atoms with Crippen LogP contribution in [0.4, 0.5) is 0 Å². The average molecular weight is 326 g/mol. The highest BCUT2D eigenvalue weighted by Gasteiger charge is 2.18. The molecule has 0 bridgehead atoms. The molecule has 2 rings (SSSR count). The topological polar surface area (TPSA) is 59.6 Å². The highest BCUT2D eigenvalue weighted by Crippen LogP contribution is 2.29. The van der Waals surface area contributed by atoms with Crippen LogP contribution in [0.2, 0.25) is 0 Å². The number of hydrogen-bond donors (Lipinski definition) is 2. The number of ether oxygens (including phenoxy) is 1. The Hall–Kier alpha value is -1.23. The Bertz CT molecular complexity index is 474. The first-order chi connectivity index (χ1) is 9.06. The minimum Gasteiger partial charge on any atom is -0.492 e. The Morgan fingerprint density at radius 3 is 2.89 bits per heavy atom. The van der Waals surface area contributed by atoms with E-state index in [1.54, 1.807) is 0 Å². The molecule has 1 aromatic rings. The zero-order valence-corrected chi connectivity index (χ0v) is 12.9. The van der Waals surface area contributed by atoms with Gasteiger partial charge in [-0.25, -0.2) is 0 Å². The fourth-order valence-corrected chi connectivity index (χ4v) is 2.41. The molecule has 3 N–H and O–H groups in total. The number of benzene rings is 1. The minimum atomic E-state index is 0.168. The molecule has 0 radical (unpaired) electrons. The van der Waals surface area contributed by atoms with Crippen LogP contribution in [0.5, 0.6) is 5.75 Å². The van der Waals surface area contributed by atoms with Crippen molar-refractivity contribution < 1.29 is 4.74 Å². The second kappa shape index (κ2) is 6.28. The van der Waals surface area contributed by atoms with E-state index < -0.39 is 0 Å². The summed E-state index contributed by atoms with van der Waals surface area (Å²) in [7, 11) is 0. The van der Waals surface area contributed by atoms with Gasteiger partial charge in [-0.2, -0.15) is 0 Å². The Kier molecular flexibility index (Phi) is 4.69. The average Bonchev–Trinajstić information content (AvgIpc) is 2.77. The molecule has 0 aromatic heterocycles. The zero-order valence-electron chi connectivity index (χ0n) is 11.3. The predicted octanol–water partition coefficient (Wildman–Crippen LogP) is 2.83. The van der Waals surface area contributed by atoms with Crippen LogP contribution in [0.3, 0.4) is 0 Å². The lowest BCUT2D eigenvalue weighted by atomic mass is 10.1. The van der Waals surface area contributed by atoms with E-state index in [4.69, 9.17) is 10.5 Å². The standard InChI is InChI=1S/C14H20BrN3O/c1-9(2)5-6-19-13-4-3-10(7-11(13)15)12-8-17-14(16)18-12/h3-4,7,9,12H,5-6,8H2,1-2H3,(H3,16,17,18). The SMILES string of the molecule is CC(C)CCOc1ccc(C2CN=C(N)N2)cc1Br. The van der Waals surface area contributed by atoms with Crippen molar-refractivity contribution in [3.8, 4) is 5.75 Å². The molecular weight excluding hydrogens is 306 g/mol. The number of guanidine groups is 1. The van der Waals surface area contributed by atoms with Crippen LogP contribution in [0.15, 0.2) is 27.7 Å². The van der Waals surface area contributed by atoms with Crippen LogP contribution in [0.1, 0.15) is 31.9 Å². The molecule has 0 spiro atoms. The third-order valence-electron chi connectivity index (χ3n) is 3.08. The monoisotopic (exact) mass is 325 g/mol. The first-order valence-corrected chi connectivity index (χ1v) is 7.34. The summed E-state index contributed by atoms with van der Waals surface area (Å²) in [6.07, 6.45) is 1.06. The van der Waals surface area contributed by atoms with Gasteiger partial charge in [0.05, 0.1) is 23.7 Å². The third kappa shape index (κ3) is 3.86. The molecule has 0 saturated heterocycles. The van der Waals surface area contributed by atoms with Gasteiger partial charge in [0.25, 0.3) is 0 Å². The molecule has 0 amide bonds. The molecule has 1 unspecified atom stereocenters. The summed E-state index contributed by atoms with van der Waals surface area (Å²) in [5.41, 5.74) is 6.79. The lowest BCUT2D eigenvalue weighted by Gasteiger charge is -2.14. The number of nitrogens with zero attached hydrogens (tertiary/aromatic N) is 1. The van der Waals surface area contributed by atoms with Gasteiger partial charge >= 0.3 is 0 Å². The van der Waals surface area contributed by atoms with Crippen molar-refractivity contribution in [1.82, 2.24) is 5.32 Å². The number of nitrogens with two attached hydrogens (primary N) is 1. The summed E-state index contributed by atoms with van der Waals surface area (Å²) < 4.78 is 6.74. The Morgan fingerprint density at radius 1 is 1.53 bits per heavy atom. The Morgan fingerprint density at radius 2 is 2.32 bits per heavy atom. The zero-order chi connectivity index (χ0) is 13.8. The van der Waals surface area contributed by atoms with Crippen molar-refractivity contribution in [2.45, 2.75) is 26.3 Å². The van der Waals surface area contributed by atoms with Gasteiger partial charge in [-0.1, -0.05) is 19.9 Å². The first kappa shape index (κ1) is 14.2. The van der Waals surface area contributed by atoms with Gasteiger partial charge < -0.3 is 15.8 Å². The smallest absolute Gasteiger partial charge is 0.189 e. The first-order valence-electron chi connectivity index (χ1n) is 6.55. The molecule has 0 fully saturated rings. The fourth-order valence-electron chi connectivity index (χ4n) is 1.90. The third-order valence-corrected chi connectivity index (χ3v) is 3.70. The Labute approximate surface area is 122 Å². The molecule has 1 heterocycles. The summed E-state index contributed by atoms with van der Waals surface area (Å²) in [6.45, 7) is 5.81. The maximum Gasteiger partial charge on any atom is 0.189 e. The van der Waals surface area contributed by atoms with Gasteiger partial charge in [0, 0.05) is 0 Å². The van der Waals surface area contributed by atoms with E-state index >= 15 is 0 Å². The van der Waals surface area contributed by atoms with E-state index in [-0.39, 0.29) is 6.04 Å². The lowest BCUT2D eigenvalue weighted by Crippen LogP contribution is -2.29. The largest absolute Gasteiger partial charge is 0.492 e. The fraction of sp³-hybridized carbons (Fsp3) is 0.500. The maximum atomic E-state index is 5.77. The normalized spacial score (nSPS) is 18.3. The van der Waals surface area contributed by atoms with Crippen LogP contribution < -0.4 is 15.8 Å². The minimum absolute atomic E-state index is 0.168. The number of rotatable bonds is 5. The molecule has 1 aliphatic heterocycles. The van der Waals surface area contributed by atoms with Gasteiger partial charge in [-0.3, -0.25) is 4.99 Å². The predicted molar refractivity (Wildman–Crippen MR) is 81.5 cm³/mol. The van der Waals surface area contributed by atoms with Gasteiger partial charge in [0.2, 0.25) is 0 Å². The molecule has 104 valence electrons. The molecule has 1 aromatic carbocycles. The van der Waals surface area contributed by atoms with E-state index in [2.05, 4.69) is 52.2 Å². The summed E-state index contributed by atoms with van der Waals surface area (Å²) >= 11 is 3.56. The molecule has 0 saturated carbocycles. The van der Waals surface area contributed by atoms with Gasteiger partial charge in [-0.05, 0) is 46.0 Å². The van der Waals surface area contributed by atoms with Crippen LogP contribution in [-0.2, 0) is 0 Å². The van der Waals surface area contributed by atoms with Gasteiger partial charge in [0.1, 0.15) is 5.75 Å². The highest BCUT2D eigenvalue weighted by molar-refractivity contribution is 9.10. The van der Waals surface area contributed by atoms with Crippen molar-refractivity contribution in [1.29, 1.82) is 0 Å². The molecule has 4 nitrogen and oxygen atoms in total.